The van der Waals surface area contributed by atoms with Crippen molar-refractivity contribution in [2.24, 2.45) is 11.3 Å². The molecule has 4 nitrogen and oxygen atoms in total. The number of rotatable bonds is 7. The Balaban J connectivity index is 1.45. The lowest BCUT2D eigenvalue weighted by Crippen LogP contribution is -2.27. The van der Waals surface area contributed by atoms with Crippen LogP contribution in [0.1, 0.15) is 49.6 Å². The third-order valence-corrected chi connectivity index (χ3v) is 5.41. The van der Waals surface area contributed by atoms with Crippen molar-refractivity contribution >= 4 is 5.91 Å². The normalized spacial score (nSPS) is 21.1. The number of carbonyl (C=O) groups is 1. The van der Waals surface area contributed by atoms with Gasteiger partial charge in [0.05, 0.1) is 17.9 Å². The van der Waals surface area contributed by atoms with Crippen molar-refractivity contribution < 1.29 is 9.18 Å². The van der Waals surface area contributed by atoms with Crippen LogP contribution in [0.3, 0.4) is 0 Å². The Morgan fingerprint density at radius 3 is 2.64 bits per heavy atom. The minimum atomic E-state index is -0.240. The van der Waals surface area contributed by atoms with Crippen molar-refractivity contribution in [3.05, 3.63) is 53.4 Å². The zero-order valence-corrected chi connectivity index (χ0v) is 15.1. The number of nitrogens with zero attached hydrogens (tertiary/aromatic N) is 1. The van der Waals surface area contributed by atoms with E-state index in [9.17, 15) is 9.18 Å². The lowest BCUT2D eigenvalue weighted by Gasteiger charge is -2.06. The fraction of sp³-hybridized carbons (Fsp3) is 0.500. The molecule has 0 spiro atoms. The highest BCUT2D eigenvalue weighted by Crippen LogP contribution is 2.64. The predicted molar refractivity (Wildman–Crippen MR) is 95.7 cm³/mol. The van der Waals surface area contributed by atoms with Crippen LogP contribution in [0.25, 0.3) is 0 Å². The maximum Gasteiger partial charge on any atom is 0.224 e. The molecule has 0 aliphatic heterocycles. The van der Waals surface area contributed by atoms with E-state index in [1.165, 1.54) is 12.1 Å². The zero-order valence-electron chi connectivity index (χ0n) is 15.1. The molecule has 2 aromatic rings. The number of nitrogens with one attached hydrogen (secondary N) is 2. The molecule has 1 aromatic carbocycles. The number of imidazole rings is 1. The molecule has 0 radical (unpaired) electrons. The summed E-state index contributed by atoms with van der Waals surface area (Å²) in [6.07, 6.45) is 4.59. The first kappa shape index (κ1) is 17.6. The molecule has 1 aliphatic rings. The quantitative estimate of drug-likeness (QED) is 0.753. The second kappa shape index (κ2) is 6.98. The van der Waals surface area contributed by atoms with Crippen molar-refractivity contribution in [1.29, 1.82) is 0 Å². The number of carbonyl (C=O) groups excluding carboxylic acids is 1. The number of amides is 1. The van der Waals surface area contributed by atoms with E-state index in [4.69, 9.17) is 0 Å². The molecule has 1 aromatic heterocycles. The maximum absolute atomic E-state index is 13.1. The van der Waals surface area contributed by atoms with Crippen LogP contribution in [0.15, 0.2) is 30.6 Å². The van der Waals surface area contributed by atoms with Gasteiger partial charge in [-0.15, -0.1) is 0 Å². The van der Waals surface area contributed by atoms with E-state index in [0.717, 1.165) is 36.2 Å². The number of unbranched alkanes of at least 4 members (excludes halogenated alkanes) is 1. The third-order valence-electron chi connectivity index (χ3n) is 5.41. The summed E-state index contributed by atoms with van der Waals surface area (Å²) in [5.41, 5.74) is 3.19. The first-order valence-corrected chi connectivity index (χ1v) is 8.93. The van der Waals surface area contributed by atoms with E-state index in [1.54, 1.807) is 18.5 Å². The first-order valence-electron chi connectivity index (χ1n) is 8.93. The van der Waals surface area contributed by atoms with Crippen molar-refractivity contribution in [2.45, 2.75) is 46.0 Å². The minimum absolute atomic E-state index is 0.0356. The van der Waals surface area contributed by atoms with Gasteiger partial charge in [0.2, 0.25) is 5.91 Å². The summed E-state index contributed by atoms with van der Waals surface area (Å²) in [5.74, 6) is -0.00279. The van der Waals surface area contributed by atoms with Crippen LogP contribution in [-0.4, -0.2) is 22.4 Å². The molecule has 25 heavy (non-hydrogen) atoms. The molecule has 1 aliphatic carbocycles. The van der Waals surface area contributed by atoms with Gasteiger partial charge in [-0.3, -0.25) is 4.79 Å². The van der Waals surface area contributed by atoms with Crippen molar-refractivity contribution in [3.63, 3.8) is 0 Å². The molecular formula is C20H26FN3O. The summed E-state index contributed by atoms with van der Waals surface area (Å²) in [4.78, 5) is 19.9. The fourth-order valence-corrected chi connectivity index (χ4v) is 3.80. The number of aromatic amines is 1. The number of H-pyrrole nitrogens is 1. The molecule has 1 heterocycles. The van der Waals surface area contributed by atoms with Gasteiger partial charge in [0.15, 0.2) is 0 Å². The van der Waals surface area contributed by atoms with Crippen molar-refractivity contribution in [3.8, 4) is 0 Å². The van der Waals surface area contributed by atoms with E-state index in [0.29, 0.717) is 6.54 Å². The molecule has 3 rings (SSSR count). The monoisotopic (exact) mass is 343 g/mol. The van der Waals surface area contributed by atoms with E-state index in [2.05, 4.69) is 29.1 Å². The number of hydrogen-bond acceptors (Lipinski definition) is 2. The Kier molecular flexibility index (Phi) is 4.93. The van der Waals surface area contributed by atoms with E-state index in [-0.39, 0.29) is 29.0 Å². The van der Waals surface area contributed by atoms with Crippen LogP contribution < -0.4 is 5.32 Å². The van der Waals surface area contributed by atoms with Crippen LogP contribution in [-0.2, 0) is 11.2 Å². The third kappa shape index (κ3) is 3.75. The highest BCUT2D eigenvalue weighted by molar-refractivity contribution is 5.84. The van der Waals surface area contributed by atoms with Gasteiger partial charge < -0.3 is 10.3 Å². The molecule has 2 N–H and O–H groups in total. The lowest BCUT2D eigenvalue weighted by molar-refractivity contribution is -0.123. The summed E-state index contributed by atoms with van der Waals surface area (Å²) >= 11 is 0. The van der Waals surface area contributed by atoms with Gasteiger partial charge in [-0.1, -0.05) is 26.0 Å². The average Bonchev–Trinajstić information content (AvgIpc) is 2.92. The lowest BCUT2D eigenvalue weighted by atomic mass is 10.0. The number of halogens is 1. The van der Waals surface area contributed by atoms with Crippen molar-refractivity contribution in [1.82, 2.24) is 15.3 Å². The maximum atomic E-state index is 13.1. The molecule has 2 unspecified atom stereocenters. The van der Waals surface area contributed by atoms with Crippen LogP contribution in [0, 0.1) is 24.1 Å². The Hall–Kier alpha value is -2.17. The van der Waals surface area contributed by atoms with Crippen LogP contribution >= 0.6 is 0 Å². The number of hydrogen-bond donors (Lipinski definition) is 2. The molecule has 1 fully saturated rings. The molecule has 0 bridgehead atoms. The highest BCUT2D eigenvalue weighted by atomic mass is 19.1. The highest BCUT2D eigenvalue weighted by Gasteiger charge is 2.62. The smallest absolute Gasteiger partial charge is 0.224 e. The second-order valence-electron chi connectivity index (χ2n) is 7.55. The largest absolute Gasteiger partial charge is 0.356 e. The number of benzene rings is 1. The summed E-state index contributed by atoms with van der Waals surface area (Å²) in [6, 6.07) is 6.52. The van der Waals surface area contributed by atoms with Gasteiger partial charge in [0, 0.05) is 18.2 Å². The van der Waals surface area contributed by atoms with Crippen LogP contribution in [0.5, 0.6) is 0 Å². The average molecular weight is 343 g/mol. The van der Waals surface area contributed by atoms with Crippen LogP contribution in [0.4, 0.5) is 4.39 Å². The molecule has 0 saturated heterocycles. The fourth-order valence-electron chi connectivity index (χ4n) is 3.80. The van der Waals surface area contributed by atoms with Gasteiger partial charge in [-0.25, -0.2) is 9.37 Å². The molecule has 1 amide bonds. The van der Waals surface area contributed by atoms with E-state index < -0.39 is 0 Å². The summed E-state index contributed by atoms with van der Waals surface area (Å²) in [7, 11) is 0. The van der Waals surface area contributed by atoms with Gasteiger partial charge in [0.1, 0.15) is 5.82 Å². The first-order chi connectivity index (χ1) is 11.9. The van der Waals surface area contributed by atoms with Gasteiger partial charge >= 0.3 is 0 Å². The molecular weight excluding hydrogens is 317 g/mol. The Morgan fingerprint density at radius 1 is 1.28 bits per heavy atom. The Labute approximate surface area is 148 Å². The number of aromatic nitrogens is 2. The Morgan fingerprint density at radius 2 is 2.00 bits per heavy atom. The molecule has 5 heteroatoms. The summed E-state index contributed by atoms with van der Waals surface area (Å²) < 4.78 is 13.1. The minimum Gasteiger partial charge on any atom is -0.356 e. The predicted octanol–water partition coefficient (Wildman–Crippen LogP) is 3.74. The van der Waals surface area contributed by atoms with Gasteiger partial charge in [0.25, 0.3) is 0 Å². The standard InChI is InChI=1S/C20H26FN3O/c1-13-16(24-12-23-13)6-4-5-11-22-19(25)18-17(20(18,2)3)14-7-9-15(21)10-8-14/h7-10,12,17-18H,4-6,11H2,1-3H3,(H,22,25)(H,23,24). The van der Waals surface area contributed by atoms with E-state index in [1.807, 2.05) is 6.92 Å². The van der Waals surface area contributed by atoms with Gasteiger partial charge in [-0.05, 0) is 49.3 Å². The molecule has 2 atom stereocenters. The summed E-state index contributed by atoms with van der Waals surface area (Å²) in [6.45, 7) is 6.91. The summed E-state index contributed by atoms with van der Waals surface area (Å²) in [5, 5.41) is 3.06. The molecule has 1 saturated carbocycles. The van der Waals surface area contributed by atoms with Gasteiger partial charge in [-0.2, -0.15) is 0 Å². The van der Waals surface area contributed by atoms with E-state index >= 15 is 0 Å². The van der Waals surface area contributed by atoms with Crippen LogP contribution in [0.2, 0.25) is 0 Å². The zero-order chi connectivity index (χ0) is 18.0. The van der Waals surface area contributed by atoms with Crippen molar-refractivity contribution in [2.75, 3.05) is 6.54 Å². The SMILES string of the molecule is Cc1[nH]cnc1CCCCNC(=O)C1C(c2ccc(F)cc2)C1(C)C. The Bertz CT molecular complexity index is 736. The topological polar surface area (TPSA) is 57.8 Å². The second-order valence-corrected chi connectivity index (χ2v) is 7.55. The molecule has 134 valence electrons. The number of aryl methyl sites for hydroxylation is 2.